The number of amides is 1. The molecule has 21 heavy (non-hydrogen) atoms. The zero-order valence-corrected chi connectivity index (χ0v) is 11.9. The van der Waals surface area contributed by atoms with Gasteiger partial charge in [0.1, 0.15) is 0 Å². The number of carbonyl (C=O) groups excluding carboxylic acids is 1. The monoisotopic (exact) mass is 324 g/mol. The molecule has 0 aliphatic heterocycles. The van der Waals surface area contributed by atoms with Crippen LogP contribution in [0.25, 0.3) is 0 Å². The highest BCUT2D eigenvalue weighted by molar-refractivity contribution is 6.31. The molecule has 0 unspecified atom stereocenters. The van der Waals surface area contributed by atoms with Gasteiger partial charge < -0.3 is 15.8 Å². The van der Waals surface area contributed by atoms with Crippen molar-refractivity contribution in [1.29, 1.82) is 0 Å². The van der Waals surface area contributed by atoms with Crippen LogP contribution in [0.4, 0.5) is 24.5 Å². The molecule has 118 valence electrons. The zero-order valence-electron chi connectivity index (χ0n) is 11.2. The SMILES string of the molecule is Nc1ccc(Cl)cc1NC(=O)CCCOCCC(F)(F)F. The lowest BCUT2D eigenvalue weighted by Crippen LogP contribution is -2.15. The van der Waals surface area contributed by atoms with Crippen LogP contribution in [0.5, 0.6) is 0 Å². The van der Waals surface area contributed by atoms with E-state index in [9.17, 15) is 18.0 Å². The third-order valence-corrected chi connectivity index (χ3v) is 2.75. The standard InChI is InChI=1S/C13H16ClF3N2O2/c14-9-3-4-10(18)11(8-9)19-12(20)2-1-6-21-7-5-13(15,16)17/h3-4,8H,1-2,5-7,18H2,(H,19,20). The van der Waals surface area contributed by atoms with Crippen LogP contribution in [0.3, 0.4) is 0 Å². The summed E-state index contributed by atoms with van der Waals surface area (Å²) in [6.45, 7) is -0.305. The summed E-state index contributed by atoms with van der Waals surface area (Å²) in [4.78, 5) is 11.6. The van der Waals surface area contributed by atoms with E-state index in [4.69, 9.17) is 22.1 Å². The van der Waals surface area contributed by atoms with Crippen LogP contribution in [0.15, 0.2) is 18.2 Å². The van der Waals surface area contributed by atoms with Crippen LogP contribution in [-0.4, -0.2) is 25.3 Å². The Morgan fingerprint density at radius 2 is 2.05 bits per heavy atom. The van der Waals surface area contributed by atoms with Crippen molar-refractivity contribution in [3.63, 3.8) is 0 Å². The lowest BCUT2D eigenvalue weighted by atomic mass is 10.2. The fraction of sp³-hybridized carbons (Fsp3) is 0.462. The summed E-state index contributed by atoms with van der Waals surface area (Å²) in [5.74, 6) is -0.302. The summed E-state index contributed by atoms with van der Waals surface area (Å²) in [7, 11) is 0. The minimum absolute atomic E-state index is 0.0918. The van der Waals surface area contributed by atoms with E-state index in [0.717, 1.165) is 0 Å². The summed E-state index contributed by atoms with van der Waals surface area (Å²) in [6, 6.07) is 4.69. The van der Waals surface area contributed by atoms with Crippen LogP contribution < -0.4 is 11.1 Å². The quantitative estimate of drug-likeness (QED) is 0.595. The highest BCUT2D eigenvalue weighted by atomic mass is 35.5. The van der Waals surface area contributed by atoms with Gasteiger partial charge in [0.05, 0.1) is 24.4 Å². The number of benzene rings is 1. The fourth-order valence-electron chi connectivity index (χ4n) is 1.47. The molecule has 0 bridgehead atoms. The minimum atomic E-state index is -4.22. The Morgan fingerprint density at radius 3 is 2.71 bits per heavy atom. The molecule has 0 spiro atoms. The van der Waals surface area contributed by atoms with E-state index in [-0.39, 0.29) is 18.9 Å². The number of halogens is 4. The maximum absolute atomic E-state index is 11.8. The molecule has 0 atom stereocenters. The van der Waals surface area contributed by atoms with Gasteiger partial charge in [-0.2, -0.15) is 13.2 Å². The summed E-state index contributed by atoms with van der Waals surface area (Å²) >= 11 is 5.78. The Hall–Kier alpha value is -1.47. The van der Waals surface area contributed by atoms with Gasteiger partial charge in [-0.05, 0) is 24.6 Å². The predicted octanol–water partition coefficient (Wildman–Crippen LogP) is 3.61. The maximum atomic E-state index is 11.8. The third-order valence-electron chi connectivity index (χ3n) is 2.51. The zero-order chi connectivity index (χ0) is 15.9. The van der Waals surface area contributed by atoms with E-state index in [1.54, 1.807) is 12.1 Å². The number of hydrogen-bond acceptors (Lipinski definition) is 3. The lowest BCUT2D eigenvalue weighted by molar-refractivity contribution is -0.145. The molecule has 1 aromatic carbocycles. The second-order valence-electron chi connectivity index (χ2n) is 4.36. The maximum Gasteiger partial charge on any atom is 0.391 e. The number of rotatable bonds is 7. The summed E-state index contributed by atoms with van der Waals surface area (Å²) in [5.41, 5.74) is 6.46. The van der Waals surface area contributed by atoms with Gasteiger partial charge >= 0.3 is 6.18 Å². The smallest absolute Gasteiger partial charge is 0.391 e. The summed E-state index contributed by atoms with van der Waals surface area (Å²) in [5, 5.41) is 3.02. The van der Waals surface area contributed by atoms with E-state index in [1.165, 1.54) is 6.07 Å². The Kier molecular flexibility index (Phi) is 6.77. The first-order valence-electron chi connectivity index (χ1n) is 6.27. The lowest BCUT2D eigenvalue weighted by Gasteiger charge is -2.09. The molecule has 1 aromatic rings. The molecule has 0 radical (unpaired) electrons. The number of nitrogens with one attached hydrogen (secondary N) is 1. The molecule has 8 heteroatoms. The summed E-state index contributed by atoms with van der Waals surface area (Å²) in [6.07, 6.45) is -4.76. The van der Waals surface area contributed by atoms with Crippen LogP contribution in [0.2, 0.25) is 5.02 Å². The van der Waals surface area contributed by atoms with Crippen LogP contribution in [0, 0.1) is 0 Å². The average molecular weight is 325 g/mol. The van der Waals surface area contributed by atoms with Crippen molar-refractivity contribution in [2.45, 2.75) is 25.4 Å². The number of hydrogen-bond donors (Lipinski definition) is 2. The van der Waals surface area contributed by atoms with Gasteiger partial charge in [-0.15, -0.1) is 0 Å². The number of alkyl halides is 3. The van der Waals surface area contributed by atoms with Gasteiger partial charge in [0.2, 0.25) is 5.91 Å². The highest BCUT2D eigenvalue weighted by Gasteiger charge is 2.26. The molecule has 1 rings (SSSR count). The van der Waals surface area contributed by atoms with Crippen LogP contribution >= 0.6 is 11.6 Å². The van der Waals surface area contributed by atoms with Crippen molar-refractivity contribution in [3.8, 4) is 0 Å². The normalized spacial score (nSPS) is 11.4. The molecule has 0 aliphatic rings. The average Bonchev–Trinajstić information content (AvgIpc) is 2.37. The molecule has 3 N–H and O–H groups in total. The van der Waals surface area contributed by atoms with Crippen molar-refractivity contribution in [3.05, 3.63) is 23.2 Å². The van der Waals surface area contributed by atoms with Crippen molar-refractivity contribution in [1.82, 2.24) is 0 Å². The molecule has 4 nitrogen and oxygen atoms in total. The Labute approximate surface area is 125 Å². The fourth-order valence-corrected chi connectivity index (χ4v) is 1.65. The largest absolute Gasteiger partial charge is 0.397 e. The van der Waals surface area contributed by atoms with Crippen molar-refractivity contribution < 1.29 is 22.7 Å². The molecule has 0 saturated heterocycles. The second-order valence-corrected chi connectivity index (χ2v) is 4.80. The van der Waals surface area contributed by atoms with E-state index in [1.807, 2.05) is 0 Å². The Bertz CT molecular complexity index is 481. The van der Waals surface area contributed by atoms with Gasteiger partial charge in [-0.3, -0.25) is 4.79 Å². The van der Waals surface area contributed by atoms with Crippen molar-refractivity contribution in [2.75, 3.05) is 24.3 Å². The predicted molar refractivity (Wildman–Crippen MR) is 75.2 cm³/mol. The van der Waals surface area contributed by atoms with Crippen LogP contribution in [0.1, 0.15) is 19.3 Å². The van der Waals surface area contributed by atoms with E-state index < -0.39 is 19.2 Å². The molecular formula is C13H16ClF3N2O2. The van der Waals surface area contributed by atoms with Gasteiger partial charge in [-0.1, -0.05) is 11.6 Å². The molecule has 0 fully saturated rings. The van der Waals surface area contributed by atoms with Crippen molar-refractivity contribution in [2.24, 2.45) is 0 Å². The van der Waals surface area contributed by atoms with Gasteiger partial charge in [-0.25, -0.2) is 0 Å². The molecule has 0 saturated carbocycles. The van der Waals surface area contributed by atoms with E-state index in [0.29, 0.717) is 22.8 Å². The number of anilines is 2. The summed E-state index contributed by atoms with van der Waals surface area (Å²) < 4.78 is 40.3. The molecule has 0 heterocycles. The number of carbonyl (C=O) groups is 1. The van der Waals surface area contributed by atoms with Crippen molar-refractivity contribution >= 4 is 28.9 Å². The Balaban J connectivity index is 2.21. The molecule has 1 amide bonds. The van der Waals surface area contributed by atoms with Gasteiger partial charge in [0.25, 0.3) is 0 Å². The Morgan fingerprint density at radius 1 is 1.33 bits per heavy atom. The van der Waals surface area contributed by atoms with Gasteiger partial charge in [0.15, 0.2) is 0 Å². The molecule has 0 aromatic heterocycles. The van der Waals surface area contributed by atoms with E-state index >= 15 is 0 Å². The first kappa shape index (κ1) is 17.6. The van der Waals surface area contributed by atoms with Gasteiger partial charge in [0, 0.05) is 18.1 Å². The number of ether oxygens (including phenoxy) is 1. The topological polar surface area (TPSA) is 64.3 Å². The van der Waals surface area contributed by atoms with E-state index in [2.05, 4.69) is 5.32 Å². The first-order valence-corrected chi connectivity index (χ1v) is 6.65. The number of nitrogen functional groups attached to an aromatic ring is 1. The highest BCUT2D eigenvalue weighted by Crippen LogP contribution is 2.23. The first-order chi connectivity index (χ1) is 9.78. The van der Waals surface area contributed by atoms with Crippen LogP contribution in [-0.2, 0) is 9.53 Å². The second kappa shape index (κ2) is 8.09. The minimum Gasteiger partial charge on any atom is -0.397 e. The third kappa shape index (κ3) is 7.77. The molecular weight excluding hydrogens is 309 g/mol. The molecule has 0 aliphatic carbocycles. The number of nitrogens with two attached hydrogens (primary N) is 1.